The number of para-hydroxylation sites is 1. The van der Waals surface area contributed by atoms with Crippen LogP contribution >= 0.6 is 0 Å². The first-order valence-corrected chi connectivity index (χ1v) is 8.63. The molecule has 2 aromatic carbocycles. The Kier molecular flexibility index (Phi) is 5.37. The number of carbonyl (C=O) groups excluding carboxylic acids is 1. The molecule has 0 saturated heterocycles. The standard InChI is InChI=1S/C21H22N2O3/c1-4-25-18-12-8-6-10-16(18)13-22-21(24)19-15(3)23-26-20(19)17-11-7-5-9-14(17)2/h5-12H,4,13H2,1-3H3,(H,22,24). The maximum atomic E-state index is 12.8. The van der Waals surface area contributed by atoms with Crippen LogP contribution in [-0.2, 0) is 6.54 Å². The first-order chi connectivity index (χ1) is 12.6. The van der Waals surface area contributed by atoms with Crippen molar-refractivity contribution in [3.8, 4) is 17.1 Å². The Morgan fingerprint density at radius 3 is 2.62 bits per heavy atom. The molecule has 1 heterocycles. The van der Waals surface area contributed by atoms with E-state index in [2.05, 4.69) is 10.5 Å². The number of amides is 1. The molecule has 0 saturated carbocycles. The average Bonchev–Trinajstić information content (AvgIpc) is 3.03. The van der Waals surface area contributed by atoms with E-state index in [4.69, 9.17) is 9.26 Å². The number of rotatable bonds is 6. The van der Waals surface area contributed by atoms with E-state index < -0.39 is 0 Å². The van der Waals surface area contributed by atoms with Gasteiger partial charge in [0.1, 0.15) is 11.3 Å². The van der Waals surface area contributed by atoms with Gasteiger partial charge in [-0.15, -0.1) is 0 Å². The summed E-state index contributed by atoms with van der Waals surface area (Å²) in [6.07, 6.45) is 0. The van der Waals surface area contributed by atoms with Crippen LogP contribution in [0.1, 0.15) is 34.1 Å². The zero-order valence-corrected chi connectivity index (χ0v) is 15.2. The monoisotopic (exact) mass is 350 g/mol. The van der Waals surface area contributed by atoms with E-state index in [1.165, 1.54) is 0 Å². The van der Waals surface area contributed by atoms with Crippen LogP contribution in [0.2, 0.25) is 0 Å². The third-order valence-corrected chi connectivity index (χ3v) is 4.19. The Morgan fingerprint density at radius 1 is 1.12 bits per heavy atom. The normalized spacial score (nSPS) is 10.6. The molecule has 5 nitrogen and oxygen atoms in total. The highest BCUT2D eigenvalue weighted by molar-refractivity contribution is 6.00. The lowest BCUT2D eigenvalue weighted by Gasteiger charge is -2.11. The smallest absolute Gasteiger partial charge is 0.257 e. The molecule has 1 amide bonds. The van der Waals surface area contributed by atoms with E-state index in [1.54, 1.807) is 6.92 Å². The Hall–Kier alpha value is -3.08. The van der Waals surface area contributed by atoms with Gasteiger partial charge in [0.25, 0.3) is 5.91 Å². The largest absolute Gasteiger partial charge is 0.494 e. The SMILES string of the molecule is CCOc1ccccc1CNC(=O)c1c(C)noc1-c1ccccc1C. The maximum absolute atomic E-state index is 12.8. The molecule has 0 spiro atoms. The molecule has 1 N–H and O–H groups in total. The molecule has 0 bridgehead atoms. The van der Waals surface area contributed by atoms with Crippen molar-refractivity contribution in [3.63, 3.8) is 0 Å². The minimum absolute atomic E-state index is 0.215. The van der Waals surface area contributed by atoms with Crippen LogP contribution in [0.15, 0.2) is 53.1 Å². The number of nitrogens with one attached hydrogen (secondary N) is 1. The van der Waals surface area contributed by atoms with Crippen molar-refractivity contribution in [3.05, 3.63) is 70.9 Å². The van der Waals surface area contributed by atoms with Crippen LogP contribution in [-0.4, -0.2) is 17.7 Å². The topological polar surface area (TPSA) is 64.4 Å². The lowest BCUT2D eigenvalue weighted by atomic mass is 10.0. The number of aryl methyl sites for hydroxylation is 2. The minimum Gasteiger partial charge on any atom is -0.494 e. The molecule has 0 atom stereocenters. The Balaban J connectivity index is 1.84. The molecule has 3 aromatic rings. The molecule has 0 fully saturated rings. The van der Waals surface area contributed by atoms with Gasteiger partial charge < -0.3 is 14.6 Å². The van der Waals surface area contributed by atoms with Crippen molar-refractivity contribution in [2.24, 2.45) is 0 Å². The summed E-state index contributed by atoms with van der Waals surface area (Å²) < 4.78 is 11.1. The van der Waals surface area contributed by atoms with Gasteiger partial charge in [0.2, 0.25) is 0 Å². The van der Waals surface area contributed by atoms with Gasteiger partial charge in [-0.3, -0.25) is 4.79 Å². The lowest BCUT2D eigenvalue weighted by Crippen LogP contribution is -2.24. The number of carbonyl (C=O) groups is 1. The molecular weight excluding hydrogens is 328 g/mol. The molecule has 0 unspecified atom stereocenters. The van der Waals surface area contributed by atoms with Gasteiger partial charge in [-0.2, -0.15) is 0 Å². The van der Waals surface area contributed by atoms with Crippen LogP contribution in [0.5, 0.6) is 5.75 Å². The van der Waals surface area contributed by atoms with E-state index in [-0.39, 0.29) is 5.91 Å². The van der Waals surface area contributed by atoms with E-state index in [9.17, 15) is 4.79 Å². The van der Waals surface area contributed by atoms with E-state index >= 15 is 0 Å². The van der Waals surface area contributed by atoms with Gasteiger partial charge in [-0.05, 0) is 32.4 Å². The van der Waals surface area contributed by atoms with Gasteiger partial charge in [0.15, 0.2) is 5.76 Å². The van der Waals surface area contributed by atoms with Gasteiger partial charge in [-0.1, -0.05) is 47.6 Å². The van der Waals surface area contributed by atoms with Crippen molar-refractivity contribution in [1.29, 1.82) is 0 Å². The molecular formula is C21H22N2O3. The molecule has 0 radical (unpaired) electrons. The zero-order chi connectivity index (χ0) is 18.5. The van der Waals surface area contributed by atoms with Crippen LogP contribution in [0.25, 0.3) is 11.3 Å². The summed E-state index contributed by atoms with van der Waals surface area (Å²) in [5, 5.41) is 6.95. The third kappa shape index (κ3) is 3.61. The van der Waals surface area contributed by atoms with Crippen molar-refractivity contribution in [2.45, 2.75) is 27.3 Å². The Bertz CT molecular complexity index is 915. The Labute approximate surface area is 153 Å². The summed E-state index contributed by atoms with van der Waals surface area (Å²) in [5.41, 5.74) is 3.86. The van der Waals surface area contributed by atoms with Gasteiger partial charge in [-0.25, -0.2) is 0 Å². The summed E-state index contributed by atoms with van der Waals surface area (Å²) in [5.74, 6) is 1.06. The van der Waals surface area contributed by atoms with Crippen LogP contribution in [0, 0.1) is 13.8 Å². The highest BCUT2D eigenvalue weighted by Crippen LogP contribution is 2.29. The number of ether oxygens (including phenoxy) is 1. The van der Waals surface area contributed by atoms with E-state index in [0.717, 1.165) is 22.4 Å². The number of benzene rings is 2. The van der Waals surface area contributed by atoms with E-state index in [0.29, 0.717) is 30.2 Å². The fourth-order valence-corrected chi connectivity index (χ4v) is 2.86. The molecule has 0 aliphatic carbocycles. The second-order valence-corrected chi connectivity index (χ2v) is 6.01. The molecule has 1 aromatic heterocycles. The molecule has 5 heteroatoms. The summed E-state index contributed by atoms with van der Waals surface area (Å²) in [6.45, 7) is 6.63. The molecule has 0 aliphatic rings. The van der Waals surface area contributed by atoms with Gasteiger partial charge in [0, 0.05) is 17.7 Å². The second-order valence-electron chi connectivity index (χ2n) is 6.01. The molecule has 26 heavy (non-hydrogen) atoms. The van der Waals surface area contributed by atoms with Gasteiger partial charge in [0.05, 0.1) is 12.3 Å². The summed E-state index contributed by atoms with van der Waals surface area (Å²) in [7, 11) is 0. The first-order valence-electron chi connectivity index (χ1n) is 8.63. The summed E-state index contributed by atoms with van der Waals surface area (Å²) in [4.78, 5) is 12.8. The van der Waals surface area contributed by atoms with E-state index in [1.807, 2.05) is 62.4 Å². The Morgan fingerprint density at radius 2 is 1.85 bits per heavy atom. The average molecular weight is 350 g/mol. The zero-order valence-electron chi connectivity index (χ0n) is 15.2. The highest BCUT2D eigenvalue weighted by Gasteiger charge is 2.22. The number of hydrogen-bond acceptors (Lipinski definition) is 4. The number of nitrogens with zero attached hydrogens (tertiary/aromatic N) is 1. The minimum atomic E-state index is -0.215. The number of aromatic nitrogens is 1. The lowest BCUT2D eigenvalue weighted by molar-refractivity contribution is 0.0950. The van der Waals surface area contributed by atoms with Crippen LogP contribution in [0.4, 0.5) is 0 Å². The predicted molar refractivity (Wildman–Crippen MR) is 100 cm³/mol. The third-order valence-electron chi connectivity index (χ3n) is 4.19. The predicted octanol–water partition coefficient (Wildman–Crippen LogP) is 4.29. The van der Waals surface area contributed by atoms with Crippen LogP contribution < -0.4 is 10.1 Å². The van der Waals surface area contributed by atoms with Gasteiger partial charge >= 0.3 is 0 Å². The van der Waals surface area contributed by atoms with Crippen molar-refractivity contribution < 1.29 is 14.1 Å². The fourth-order valence-electron chi connectivity index (χ4n) is 2.86. The molecule has 0 aliphatic heterocycles. The quantitative estimate of drug-likeness (QED) is 0.720. The second kappa shape index (κ2) is 7.87. The first kappa shape index (κ1) is 17.7. The summed E-state index contributed by atoms with van der Waals surface area (Å²) in [6, 6.07) is 15.4. The summed E-state index contributed by atoms with van der Waals surface area (Å²) >= 11 is 0. The highest BCUT2D eigenvalue weighted by atomic mass is 16.5. The van der Waals surface area contributed by atoms with Crippen molar-refractivity contribution in [2.75, 3.05) is 6.61 Å². The maximum Gasteiger partial charge on any atom is 0.257 e. The van der Waals surface area contributed by atoms with Crippen molar-refractivity contribution >= 4 is 5.91 Å². The molecule has 3 rings (SSSR count). The fraction of sp³-hybridized carbons (Fsp3) is 0.238. The van der Waals surface area contributed by atoms with Crippen molar-refractivity contribution in [1.82, 2.24) is 10.5 Å². The number of hydrogen-bond donors (Lipinski definition) is 1. The van der Waals surface area contributed by atoms with Crippen LogP contribution in [0.3, 0.4) is 0 Å². The molecule has 134 valence electrons.